The zero-order valence-electron chi connectivity index (χ0n) is 7.94. The number of hydrogen-bond donors (Lipinski definition) is 2. The molecule has 0 radical (unpaired) electrons. The lowest BCUT2D eigenvalue weighted by molar-refractivity contribution is 0.426. The first-order valence-corrected chi connectivity index (χ1v) is 5.62. The molecule has 0 unspecified atom stereocenters. The molecule has 2 aromatic rings. The molecule has 1 aliphatic heterocycles. The van der Waals surface area contributed by atoms with Crippen LogP contribution in [0.15, 0.2) is 22.9 Å². The second-order valence-electron chi connectivity index (χ2n) is 3.76. The molecule has 15 heavy (non-hydrogen) atoms. The van der Waals surface area contributed by atoms with Gasteiger partial charge in [-0.25, -0.2) is 4.98 Å². The molecule has 0 aliphatic carbocycles. The molecular weight excluding hydrogens is 258 g/mol. The summed E-state index contributed by atoms with van der Waals surface area (Å²) in [6.07, 6.45) is 1.71. The van der Waals surface area contributed by atoms with E-state index in [9.17, 15) is 5.11 Å². The largest absolute Gasteiger partial charge is 0.506 e. The third-order valence-electron chi connectivity index (χ3n) is 2.75. The molecule has 2 N–H and O–H groups in total. The van der Waals surface area contributed by atoms with Crippen molar-refractivity contribution in [1.82, 2.24) is 14.7 Å². The van der Waals surface area contributed by atoms with E-state index in [-0.39, 0.29) is 5.75 Å². The van der Waals surface area contributed by atoms with Crippen LogP contribution in [0.25, 0.3) is 5.52 Å². The fraction of sp³-hybridized carbons (Fsp3) is 0.300. The van der Waals surface area contributed by atoms with Gasteiger partial charge in [-0.1, -0.05) is 0 Å². The second-order valence-corrected chi connectivity index (χ2v) is 4.51. The van der Waals surface area contributed by atoms with Crippen molar-refractivity contribution < 1.29 is 5.11 Å². The summed E-state index contributed by atoms with van der Waals surface area (Å²) in [7, 11) is 0. The Morgan fingerprint density at radius 1 is 1.47 bits per heavy atom. The highest BCUT2D eigenvalue weighted by Crippen LogP contribution is 2.27. The van der Waals surface area contributed by atoms with Crippen LogP contribution in [0, 0.1) is 0 Å². The molecule has 1 aliphatic rings. The summed E-state index contributed by atoms with van der Waals surface area (Å²) in [5.74, 6) is 1.72. The van der Waals surface area contributed by atoms with E-state index in [1.165, 1.54) is 0 Å². The summed E-state index contributed by atoms with van der Waals surface area (Å²) >= 11 is 3.43. The van der Waals surface area contributed by atoms with Crippen molar-refractivity contribution in [2.24, 2.45) is 0 Å². The van der Waals surface area contributed by atoms with Gasteiger partial charge in [0.25, 0.3) is 0 Å². The van der Waals surface area contributed by atoms with E-state index in [0.717, 1.165) is 29.0 Å². The minimum Gasteiger partial charge on any atom is -0.506 e. The lowest BCUT2D eigenvalue weighted by atomic mass is 10.0. The Morgan fingerprint density at radius 2 is 2.27 bits per heavy atom. The van der Waals surface area contributed by atoms with Gasteiger partial charge in [-0.2, -0.15) is 0 Å². The quantitative estimate of drug-likeness (QED) is 0.823. The zero-order valence-corrected chi connectivity index (χ0v) is 9.53. The van der Waals surface area contributed by atoms with Crippen LogP contribution in [0.3, 0.4) is 0 Å². The van der Waals surface area contributed by atoms with Gasteiger partial charge in [0, 0.05) is 19.0 Å². The summed E-state index contributed by atoms with van der Waals surface area (Å²) < 4.78 is 2.79. The first kappa shape index (κ1) is 9.18. The van der Waals surface area contributed by atoms with Gasteiger partial charge in [0.15, 0.2) is 0 Å². The van der Waals surface area contributed by atoms with Gasteiger partial charge in [-0.3, -0.25) is 4.40 Å². The summed E-state index contributed by atoms with van der Waals surface area (Å²) in [6.45, 7) is 1.92. The van der Waals surface area contributed by atoms with E-state index in [1.807, 2.05) is 10.5 Å². The van der Waals surface area contributed by atoms with E-state index in [0.29, 0.717) is 5.92 Å². The van der Waals surface area contributed by atoms with Crippen molar-refractivity contribution in [3.05, 3.63) is 28.8 Å². The third-order valence-corrected chi connectivity index (χ3v) is 3.33. The van der Waals surface area contributed by atoms with Crippen molar-refractivity contribution in [1.29, 1.82) is 0 Å². The number of nitrogens with one attached hydrogen (secondary N) is 1. The first-order valence-electron chi connectivity index (χ1n) is 4.83. The Bertz CT molecular complexity index is 519. The number of hydrogen-bond acceptors (Lipinski definition) is 3. The molecule has 78 valence electrons. The molecule has 0 aromatic carbocycles. The standard InChI is InChI=1S/C10H10BrN3O/c11-9-8-2-1-7(15)5-14(8)10(13-9)6-3-12-4-6/h1-2,5-6,12,15H,3-4H2. The Balaban J connectivity index is 2.24. The zero-order chi connectivity index (χ0) is 10.4. The summed E-state index contributed by atoms with van der Waals surface area (Å²) in [5, 5.41) is 12.7. The van der Waals surface area contributed by atoms with Crippen molar-refractivity contribution in [2.45, 2.75) is 5.92 Å². The number of aromatic hydroxyl groups is 1. The van der Waals surface area contributed by atoms with Crippen LogP contribution in [0.2, 0.25) is 0 Å². The average Bonchev–Trinajstić information content (AvgIpc) is 2.41. The number of pyridine rings is 1. The Kier molecular flexibility index (Phi) is 1.97. The van der Waals surface area contributed by atoms with Gasteiger partial charge >= 0.3 is 0 Å². The summed E-state index contributed by atoms with van der Waals surface area (Å²) in [5.41, 5.74) is 0.995. The summed E-state index contributed by atoms with van der Waals surface area (Å²) in [6, 6.07) is 3.53. The van der Waals surface area contributed by atoms with Crippen LogP contribution >= 0.6 is 15.9 Å². The molecule has 3 rings (SSSR count). The van der Waals surface area contributed by atoms with E-state index >= 15 is 0 Å². The Labute approximate surface area is 95.1 Å². The molecule has 4 nitrogen and oxygen atoms in total. The second kappa shape index (κ2) is 3.21. The molecule has 3 heterocycles. The molecule has 1 saturated heterocycles. The maximum absolute atomic E-state index is 9.46. The van der Waals surface area contributed by atoms with Crippen LogP contribution in [0.5, 0.6) is 5.75 Å². The van der Waals surface area contributed by atoms with Crippen LogP contribution in [-0.4, -0.2) is 27.6 Å². The molecule has 0 spiro atoms. The third kappa shape index (κ3) is 1.34. The highest BCUT2D eigenvalue weighted by atomic mass is 79.9. The van der Waals surface area contributed by atoms with Crippen LogP contribution in [-0.2, 0) is 0 Å². The van der Waals surface area contributed by atoms with Crippen LogP contribution < -0.4 is 5.32 Å². The monoisotopic (exact) mass is 267 g/mol. The fourth-order valence-corrected chi connectivity index (χ4v) is 2.32. The van der Waals surface area contributed by atoms with E-state index < -0.39 is 0 Å². The van der Waals surface area contributed by atoms with Crippen molar-refractivity contribution in [3.8, 4) is 5.75 Å². The van der Waals surface area contributed by atoms with E-state index in [2.05, 4.69) is 26.2 Å². The maximum Gasteiger partial charge on any atom is 0.132 e. The average molecular weight is 268 g/mol. The molecule has 0 amide bonds. The number of imidazole rings is 1. The molecule has 0 atom stereocenters. The molecule has 2 aromatic heterocycles. The lowest BCUT2D eigenvalue weighted by Gasteiger charge is -2.25. The highest BCUT2D eigenvalue weighted by molar-refractivity contribution is 9.10. The minimum absolute atomic E-state index is 0.265. The van der Waals surface area contributed by atoms with Gasteiger partial charge in [-0.15, -0.1) is 0 Å². The number of aromatic nitrogens is 2. The predicted octanol–water partition coefficient (Wildman–Crippen LogP) is 1.49. The fourth-order valence-electron chi connectivity index (χ4n) is 1.82. The lowest BCUT2D eigenvalue weighted by Crippen LogP contribution is -2.40. The van der Waals surface area contributed by atoms with Crippen molar-refractivity contribution in [2.75, 3.05) is 13.1 Å². The maximum atomic E-state index is 9.46. The molecule has 0 bridgehead atoms. The summed E-state index contributed by atoms with van der Waals surface area (Å²) in [4.78, 5) is 4.48. The van der Waals surface area contributed by atoms with Crippen molar-refractivity contribution >= 4 is 21.4 Å². The van der Waals surface area contributed by atoms with Gasteiger partial charge in [0.1, 0.15) is 16.2 Å². The number of halogens is 1. The normalized spacial score (nSPS) is 16.9. The first-order chi connectivity index (χ1) is 7.25. The van der Waals surface area contributed by atoms with E-state index in [4.69, 9.17) is 0 Å². The van der Waals surface area contributed by atoms with Gasteiger partial charge in [-0.05, 0) is 28.1 Å². The van der Waals surface area contributed by atoms with Crippen LogP contribution in [0.4, 0.5) is 0 Å². The van der Waals surface area contributed by atoms with Crippen LogP contribution in [0.1, 0.15) is 11.7 Å². The molecule has 5 heteroatoms. The SMILES string of the molecule is Oc1ccc2c(Br)nc(C3CNC3)n2c1. The molecule has 0 saturated carbocycles. The molecular formula is C10H10BrN3O. The predicted molar refractivity (Wildman–Crippen MR) is 60.2 cm³/mol. The minimum atomic E-state index is 0.265. The van der Waals surface area contributed by atoms with Crippen molar-refractivity contribution in [3.63, 3.8) is 0 Å². The van der Waals surface area contributed by atoms with E-state index in [1.54, 1.807) is 12.3 Å². The number of nitrogens with zero attached hydrogens (tertiary/aromatic N) is 2. The van der Waals surface area contributed by atoms with Gasteiger partial charge in [0.2, 0.25) is 0 Å². The Hall–Kier alpha value is -1.07. The number of rotatable bonds is 1. The topological polar surface area (TPSA) is 49.6 Å². The van der Waals surface area contributed by atoms with Gasteiger partial charge < -0.3 is 10.4 Å². The smallest absolute Gasteiger partial charge is 0.132 e. The van der Waals surface area contributed by atoms with Gasteiger partial charge in [0.05, 0.1) is 11.7 Å². The number of fused-ring (bicyclic) bond motifs is 1. The Morgan fingerprint density at radius 3 is 2.93 bits per heavy atom. The highest BCUT2D eigenvalue weighted by Gasteiger charge is 2.24. The molecule has 1 fully saturated rings.